The first-order chi connectivity index (χ1) is 20.7. The monoisotopic (exact) mass is 584 g/mol. The molecule has 0 spiro atoms. The van der Waals surface area contributed by atoms with Gasteiger partial charge >= 0.3 is 5.97 Å². The van der Waals surface area contributed by atoms with Crippen molar-refractivity contribution in [1.29, 1.82) is 0 Å². The van der Waals surface area contributed by atoms with Crippen molar-refractivity contribution in [3.8, 4) is 5.75 Å². The first-order valence-electron chi connectivity index (χ1n) is 15.3. The van der Waals surface area contributed by atoms with Crippen molar-refractivity contribution in [2.75, 3.05) is 34.8 Å². The van der Waals surface area contributed by atoms with Gasteiger partial charge in [-0.05, 0) is 60.4 Å². The number of nitrogens with one attached hydrogen (secondary N) is 1. The second-order valence-electron chi connectivity index (χ2n) is 12.0. The van der Waals surface area contributed by atoms with E-state index in [2.05, 4.69) is 43.2 Å². The molecule has 0 saturated carbocycles. The molecule has 228 valence electrons. The molecular formula is C36H46N3O4+. The van der Waals surface area contributed by atoms with E-state index in [-0.39, 0.29) is 11.9 Å². The van der Waals surface area contributed by atoms with Crippen molar-refractivity contribution in [3.63, 3.8) is 0 Å². The number of hydrogen-bond donors (Lipinski definition) is 1. The van der Waals surface area contributed by atoms with Crippen LogP contribution in [0.15, 0.2) is 78.9 Å². The van der Waals surface area contributed by atoms with E-state index in [9.17, 15) is 9.59 Å². The second kappa shape index (κ2) is 15.4. The lowest BCUT2D eigenvalue weighted by molar-refractivity contribution is -0.120. The summed E-state index contributed by atoms with van der Waals surface area (Å²) in [5.41, 5.74) is 4.94. The van der Waals surface area contributed by atoms with Crippen molar-refractivity contribution in [3.05, 3.63) is 95.7 Å². The number of carbonyl (C=O) groups excluding carboxylic acids is 2. The number of ether oxygens (including phenoxy) is 2. The average molecular weight is 585 g/mol. The number of aryl methyl sites for hydroxylation is 1. The van der Waals surface area contributed by atoms with Crippen molar-refractivity contribution in [2.45, 2.75) is 58.1 Å². The van der Waals surface area contributed by atoms with Gasteiger partial charge in [0, 0.05) is 24.0 Å². The molecule has 4 rings (SSSR count). The number of unbranched alkanes of at least 4 members (excludes halogenated alkanes) is 5. The molecule has 7 nitrogen and oxygen atoms in total. The highest BCUT2D eigenvalue weighted by Gasteiger charge is 2.17. The number of rotatable bonds is 16. The lowest BCUT2D eigenvalue weighted by Gasteiger charge is -2.23. The predicted molar refractivity (Wildman–Crippen MR) is 174 cm³/mol. The van der Waals surface area contributed by atoms with Crippen LogP contribution in [0.4, 0.5) is 5.69 Å². The van der Waals surface area contributed by atoms with E-state index in [1.165, 1.54) is 12.8 Å². The molecule has 0 unspecified atom stereocenters. The van der Waals surface area contributed by atoms with Crippen molar-refractivity contribution >= 4 is 28.5 Å². The molecule has 1 aromatic heterocycles. The fourth-order valence-corrected chi connectivity index (χ4v) is 5.23. The van der Waals surface area contributed by atoms with Gasteiger partial charge in [-0.1, -0.05) is 68.1 Å². The molecule has 1 amide bonds. The first-order valence-corrected chi connectivity index (χ1v) is 15.3. The van der Waals surface area contributed by atoms with E-state index in [0.717, 1.165) is 77.3 Å². The Morgan fingerprint density at radius 3 is 2.19 bits per heavy atom. The molecule has 0 atom stereocenters. The summed E-state index contributed by atoms with van der Waals surface area (Å²) >= 11 is 0. The maximum absolute atomic E-state index is 12.5. The third kappa shape index (κ3) is 9.45. The highest BCUT2D eigenvalue weighted by Crippen LogP contribution is 2.27. The van der Waals surface area contributed by atoms with Crippen molar-refractivity contribution in [2.24, 2.45) is 0 Å². The summed E-state index contributed by atoms with van der Waals surface area (Å²) in [5.74, 6) is 0.523. The largest absolute Gasteiger partial charge is 0.489 e. The Kier molecular flexibility index (Phi) is 11.4. The summed E-state index contributed by atoms with van der Waals surface area (Å²) in [7, 11) is 7.81. The van der Waals surface area contributed by atoms with Gasteiger partial charge in [0.25, 0.3) is 0 Å². The second-order valence-corrected chi connectivity index (χ2v) is 12.0. The molecule has 43 heavy (non-hydrogen) atoms. The standard InChI is InChI=1S/C36H45N3O4/c1-39(2,3)31-18-16-28(17-19-31)24-35(40)37-22-12-7-5-6-8-13-23-38-33-21-20-32(43-27-29-14-10-9-11-15-29)25-30(33)26-34(38)36(41)42-4/h9-11,14-21,25-26H,5-8,12-13,22-24,27H2,1-4H3/p+1. The van der Waals surface area contributed by atoms with Crippen LogP contribution < -0.4 is 14.5 Å². The van der Waals surface area contributed by atoms with Gasteiger partial charge in [-0.25, -0.2) is 4.79 Å². The molecule has 0 radical (unpaired) electrons. The Bertz CT molecular complexity index is 1470. The Balaban J connectivity index is 1.16. The molecular weight excluding hydrogens is 538 g/mol. The Hall–Kier alpha value is -4.10. The van der Waals surface area contributed by atoms with Crippen LogP contribution in [0.2, 0.25) is 0 Å². The summed E-state index contributed by atoms with van der Waals surface area (Å²) in [6.07, 6.45) is 6.79. The zero-order valence-corrected chi connectivity index (χ0v) is 26.1. The van der Waals surface area contributed by atoms with Crippen LogP contribution in [0.3, 0.4) is 0 Å². The molecule has 0 bridgehead atoms. The minimum absolute atomic E-state index is 0.0771. The van der Waals surface area contributed by atoms with Crippen LogP contribution in [-0.2, 0) is 29.1 Å². The van der Waals surface area contributed by atoms with Gasteiger partial charge < -0.3 is 19.4 Å². The molecule has 7 heteroatoms. The van der Waals surface area contributed by atoms with Crippen LogP contribution in [0.5, 0.6) is 5.75 Å². The van der Waals surface area contributed by atoms with Crippen LogP contribution in [-0.4, -0.2) is 51.2 Å². The fraction of sp³-hybridized carbons (Fsp3) is 0.389. The van der Waals surface area contributed by atoms with Gasteiger partial charge in [-0.3, -0.25) is 9.28 Å². The molecule has 3 aromatic carbocycles. The average Bonchev–Trinajstić information content (AvgIpc) is 3.36. The van der Waals surface area contributed by atoms with Crippen LogP contribution in [0.25, 0.3) is 10.9 Å². The van der Waals surface area contributed by atoms with Crippen LogP contribution in [0, 0.1) is 0 Å². The number of carbonyl (C=O) groups is 2. The summed E-state index contributed by atoms with van der Waals surface area (Å²) in [5, 5.41) is 4.02. The van der Waals surface area contributed by atoms with E-state index >= 15 is 0 Å². The normalized spacial score (nSPS) is 11.4. The smallest absolute Gasteiger partial charge is 0.354 e. The predicted octanol–water partition coefficient (Wildman–Crippen LogP) is 6.90. The van der Waals surface area contributed by atoms with E-state index in [0.29, 0.717) is 25.3 Å². The summed E-state index contributed by atoms with van der Waals surface area (Å²) in [4.78, 5) is 24.9. The molecule has 0 aliphatic heterocycles. The zero-order chi connectivity index (χ0) is 30.7. The first kappa shape index (κ1) is 31.8. The fourth-order valence-electron chi connectivity index (χ4n) is 5.23. The van der Waals surface area contributed by atoms with Gasteiger partial charge in [0.2, 0.25) is 5.91 Å². The summed E-state index contributed by atoms with van der Waals surface area (Å²) < 4.78 is 13.9. The number of esters is 1. The van der Waals surface area contributed by atoms with Crippen LogP contribution in [0.1, 0.15) is 60.1 Å². The Labute approximate surface area is 256 Å². The Morgan fingerprint density at radius 1 is 0.791 bits per heavy atom. The third-order valence-electron chi connectivity index (χ3n) is 7.72. The number of hydrogen-bond acceptors (Lipinski definition) is 4. The maximum Gasteiger partial charge on any atom is 0.354 e. The van der Waals surface area contributed by atoms with Gasteiger partial charge in [-0.2, -0.15) is 0 Å². The number of fused-ring (bicyclic) bond motifs is 1. The van der Waals surface area contributed by atoms with E-state index in [4.69, 9.17) is 9.47 Å². The van der Waals surface area contributed by atoms with Gasteiger partial charge in [0.15, 0.2) is 0 Å². The SMILES string of the molecule is COC(=O)c1cc2cc(OCc3ccccc3)ccc2n1CCCCCCCCNC(=O)Cc1ccc([N+](C)(C)C)cc1. The van der Waals surface area contributed by atoms with Gasteiger partial charge in [-0.15, -0.1) is 0 Å². The lowest BCUT2D eigenvalue weighted by Crippen LogP contribution is -2.34. The third-order valence-corrected chi connectivity index (χ3v) is 7.72. The Morgan fingerprint density at radius 2 is 1.49 bits per heavy atom. The number of benzene rings is 3. The van der Waals surface area contributed by atoms with Gasteiger partial charge in [0.05, 0.1) is 34.7 Å². The minimum atomic E-state index is -0.328. The number of methoxy groups -OCH3 is 1. The lowest BCUT2D eigenvalue weighted by atomic mass is 10.1. The van der Waals surface area contributed by atoms with E-state index in [1.54, 1.807) is 0 Å². The quantitative estimate of drug-likeness (QED) is 0.0884. The highest BCUT2D eigenvalue weighted by atomic mass is 16.5. The molecule has 0 aliphatic rings. The number of aromatic nitrogens is 1. The summed E-state index contributed by atoms with van der Waals surface area (Å²) in [6, 6.07) is 26.2. The molecule has 4 aromatic rings. The van der Waals surface area contributed by atoms with E-state index in [1.807, 2.05) is 66.7 Å². The highest BCUT2D eigenvalue weighted by molar-refractivity contribution is 5.96. The van der Waals surface area contributed by atoms with Crippen LogP contribution >= 0.6 is 0 Å². The minimum Gasteiger partial charge on any atom is -0.489 e. The molecule has 1 N–H and O–H groups in total. The van der Waals surface area contributed by atoms with Gasteiger partial charge in [0.1, 0.15) is 23.7 Å². The number of quaternary nitrogens is 1. The number of nitrogens with zero attached hydrogens (tertiary/aromatic N) is 2. The number of amides is 1. The zero-order valence-electron chi connectivity index (χ0n) is 26.1. The molecule has 0 saturated heterocycles. The van der Waals surface area contributed by atoms with Crippen molar-refractivity contribution < 1.29 is 19.1 Å². The van der Waals surface area contributed by atoms with Crippen molar-refractivity contribution in [1.82, 2.24) is 14.4 Å². The maximum atomic E-state index is 12.5. The topological polar surface area (TPSA) is 69.6 Å². The van der Waals surface area contributed by atoms with E-state index < -0.39 is 0 Å². The molecule has 0 aliphatic carbocycles. The summed E-state index contributed by atoms with van der Waals surface area (Å²) in [6.45, 7) is 1.96. The molecule has 0 fully saturated rings. The molecule has 1 heterocycles.